The molecular formula is C23H31N3O. The molecule has 1 aromatic carbocycles. The minimum atomic E-state index is -0.158. The standard InChI is InChI=1S/C23H31N3O/c1-23(2)18-20(21-13-7-9-15-24-21)14-17-26(23)22(27)25-16-8-6-12-19-10-4-3-5-11-19/h3-5,7,9-11,13,15,20H,6,8,12,14,16-18H2,1-2H3,(H,25,27). The fourth-order valence-corrected chi connectivity index (χ4v) is 4.04. The summed E-state index contributed by atoms with van der Waals surface area (Å²) in [6.07, 6.45) is 6.95. The average Bonchev–Trinajstić information content (AvgIpc) is 2.68. The van der Waals surface area contributed by atoms with E-state index in [9.17, 15) is 4.79 Å². The summed E-state index contributed by atoms with van der Waals surface area (Å²) in [5.74, 6) is 0.427. The van der Waals surface area contributed by atoms with Gasteiger partial charge in [0.1, 0.15) is 0 Å². The van der Waals surface area contributed by atoms with Crippen LogP contribution in [0.25, 0.3) is 0 Å². The van der Waals surface area contributed by atoms with Crippen molar-refractivity contribution in [1.82, 2.24) is 15.2 Å². The van der Waals surface area contributed by atoms with Crippen molar-refractivity contribution in [2.75, 3.05) is 13.1 Å². The van der Waals surface area contributed by atoms with E-state index in [2.05, 4.69) is 54.5 Å². The third kappa shape index (κ3) is 5.31. The Morgan fingerprint density at radius 3 is 2.63 bits per heavy atom. The van der Waals surface area contributed by atoms with Gasteiger partial charge in [-0.25, -0.2) is 4.79 Å². The molecule has 27 heavy (non-hydrogen) atoms. The third-order valence-electron chi connectivity index (χ3n) is 5.54. The van der Waals surface area contributed by atoms with Crippen molar-refractivity contribution in [2.24, 2.45) is 0 Å². The van der Waals surface area contributed by atoms with Gasteiger partial charge in [-0.3, -0.25) is 4.98 Å². The predicted octanol–water partition coefficient (Wildman–Crippen LogP) is 4.77. The SMILES string of the molecule is CC1(C)CC(c2ccccn2)CCN1C(=O)NCCCCc1ccccc1. The molecule has 144 valence electrons. The van der Waals surface area contributed by atoms with Crippen molar-refractivity contribution in [3.63, 3.8) is 0 Å². The first-order valence-corrected chi connectivity index (χ1v) is 10.1. The minimum Gasteiger partial charge on any atom is -0.338 e. The lowest BCUT2D eigenvalue weighted by Gasteiger charge is -2.45. The Morgan fingerprint density at radius 1 is 1.15 bits per heavy atom. The summed E-state index contributed by atoms with van der Waals surface area (Å²) in [4.78, 5) is 19.2. The van der Waals surface area contributed by atoms with Gasteiger partial charge in [-0.15, -0.1) is 0 Å². The van der Waals surface area contributed by atoms with E-state index in [-0.39, 0.29) is 11.6 Å². The zero-order chi connectivity index (χ0) is 19.1. The van der Waals surface area contributed by atoms with E-state index < -0.39 is 0 Å². The number of unbranched alkanes of at least 4 members (excludes halogenated alkanes) is 1. The number of piperidine rings is 1. The number of likely N-dealkylation sites (tertiary alicyclic amines) is 1. The lowest BCUT2D eigenvalue weighted by atomic mass is 9.81. The largest absolute Gasteiger partial charge is 0.338 e. The van der Waals surface area contributed by atoms with Crippen LogP contribution in [-0.2, 0) is 6.42 Å². The van der Waals surface area contributed by atoms with Crippen LogP contribution >= 0.6 is 0 Å². The van der Waals surface area contributed by atoms with Gasteiger partial charge >= 0.3 is 6.03 Å². The number of benzene rings is 1. The first kappa shape index (κ1) is 19.4. The number of amides is 2. The Morgan fingerprint density at radius 2 is 1.93 bits per heavy atom. The highest BCUT2D eigenvalue weighted by Crippen LogP contribution is 2.36. The molecule has 0 aliphatic carbocycles. The fraction of sp³-hybridized carbons (Fsp3) is 0.478. The number of nitrogens with one attached hydrogen (secondary N) is 1. The van der Waals surface area contributed by atoms with Crippen LogP contribution in [0.4, 0.5) is 4.79 Å². The maximum atomic E-state index is 12.7. The Balaban J connectivity index is 1.43. The number of rotatable bonds is 6. The lowest BCUT2D eigenvalue weighted by molar-refractivity contribution is 0.0917. The molecule has 0 bridgehead atoms. The van der Waals surface area contributed by atoms with E-state index in [4.69, 9.17) is 0 Å². The quantitative estimate of drug-likeness (QED) is 0.749. The molecule has 2 aromatic rings. The monoisotopic (exact) mass is 365 g/mol. The third-order valence-corrected chi connectivity index (χ3v) is 5.54. The summed E-state index contributed by atoms with van der Waals surface area (Å²) in [6, 6.07) is 16.7. The van der Waals surface area contributed by atoms with Gasteiger partial charge in [0.25, 0.3) is 0 Å². The van der Waals surface area contributed by atoms with E-state index in [1.54, 1.807) is 0 Å². The predicted molar refractivity (Wildman–Crippen MR) is 110 cm³/mol. The summed E-state index contributed by atoms with van der Waals surface area (Å²) in [5, 5.41) is 3.12. The highest BCUT2D eigenvalue weighted by atomic mass is 16.2. The van der Waals surface area contributed by atoms with Crippen LogP contribution in [0.5, 0.6) is 0 Å². The first-order chi connectivity index (χ1) is 13.1. The van der Waals surface area contributed by atoms with E-state index in [1.165, 1.54) is 5.56 Å². The van der Waals surface area contributed by atoms with Crippen molar-refractivity contribution in [3.05, 3.63) is 66.0 Å². The lowest BCUT2D eigenvalue weighted by Crippen LogP contribution is -2.55. The summed E-state index contributed by atoms with van der Waals surface area (Å²) in [5.41, 5.74) is 2.35. The summed E-state index contributed by atoms with van der Waals surface area (Å²) < 4.78 is 0. The Labute approximate surface area is 163 Å². The number of carbonyl (C=O) groups excluding carboxylic acids is 1. The molecule has 1 unspecified atom stereocenters. The van der Waals surface area contributed by atoms with Gasteiger partial charge in [-0.1, -0.05) is 36.4 Å². The van der Waals surface area contributed by atoms with Crippen LogP contribution in [-0.4, -0.2) is 34.5 Å². The highest BCUT2D eigenvalue weighted by molar-refractivity contribution is 5.75. The number of aromatic nitrogens is 1. The number of nitrogens with zero attached hydrogens (tertiary/aromatic N) is 2. The highest BCUT2D eigenvalue weighted by Gasteiger charge is 2.38. The number of carbonyl (C=O) groups is 1. The van der Waals surface area contributed by atoms with Gasteiger partial charge in [0.2, 0.25) is 0 Å². The van der Waals surface area contributed by atoms with Crippen molar-refractivity contribution < 1.29 is 4.79 Å². The van der Waals surface area contributed by atoms with Gasteiger partial charge in [0.15, 0.2) is 0 Å². The van der Waals surface area contributed by atoms with Gasteiger partial charge in [0.05, 0.1) is 0 Å². The molecule has 1 aromatic heterocycles. The van der Waals surface area contributed by atoms with Crippen molar-refractivity contribution in [1.29, 1.82) is 0 Å². The van der Waals surface area contributed by atoms with Crippen LogP contribution in [0.1, 0.15) is 56.7 Å². The van der Waals surface area contributed by atoms with Gasteiger partial charge in [-0.05, 0) is 63.6 Å². The van der Waals surface area contributed by atoms with Crippen molar-refractivity contribution in [3.8, 4) is 0 Å². The fourth-order valence-electron chi connectivity index (χ4n) is 4.04. The first-order valence-electron chi connectivity index (χ1n) is 10.1. The number of aryl methyl sites for hydroxylation is 1. The smallest absolute Gasteiger partial charge is 0.317 e. The topological polar surface area (TPSA) is 45.2 Å². The Kier molecular flexibility index (Phi) is 6.49. The second-order valence-corrected chi connectivity index (χ2v) is 8.08. The van der Waals surface area contributed by atoms with E-state index in [0.29, 0.717) is 5.92 Å². The Bertz CT molecular complexity index is 715. The van der Waals surface area contributed by atoms with E-state index in [0.717, 1.165) is 50.9 Å². The molecule has 2 amide bonds. The maximum absolute atomic E-state index is 12.7. The summed E-state index contributed by atoms with van der Waals surface area (Å²) >= 11 is 0. The van der Waals surface area contributed by atoms with Crippen LogP contribution < -0.4 is 5.32 Å². The minimum absolute atomic E-state index is 0.0687. The van der Waals surface area contributed by atoms with Gasteiger partial charge < -0.3 is 10.2 Å². The number of urea groups is 1. The van der Waals surface area contributed by atoms with Crippen LogP contribution in [0.2, 0.25) is 0 Å². The summed E-state index contributed by atoms with van der Waals surface area (Å²) in [6.45, 7) is 5.85. The normalized spacial score (nSPS) is 18.9. The van der Waals surface area contributed by atoms with E-state index in [1.807, 2.05) is 29.3 Å². The van der Waals surface area contributed by atoms with Crippen molar-refractivity contribution >= 4 is 6.03 Å². The number of hydrogen-bond donors (Lipinski definition) is 1. The van der Waals surface area contributed by atoms with Crippen molar-refractivity contribution in [2.45, 2.75) is 57.4 Å². The molecule has 4 heteroatoms. The molecule has 1 atom stereocenters. The zero-order valence-corrected chi connectivity index (χ0v) is 16.5. The van der Waals surface area contributed by atoms with Crippen LogP contribution in [0.3, 0.4) is 0 Å². The molecule has 1 aliphatic heterocycles. The molecule has 1 aliphatic rings. The molecule has 1 fully saturated rings. The number of hydrogen-bond acceptors (Lipinski definition) is 2. The van der Waals surface area contributed by atoms with Gasteiger partial charge in [-0.2, -0.15) is 0 Å². The zero-order valence-electron chi connectivity index (χ0n) is 16.5. The van der Waals surface area contributed by atoms with Crippen LogP contribution in [0.15, 0.2) is 54.7 Å². The molecule has 2 heterocycles. The Hall–Kier alpha value is -2.36. The molecule has 1 saturated heterocycles. The van der Waals surface area contributed by atoms with Gasteiger partial charge in [0, 0.05) is 36.4 Å². The molecular weight excluding hydrogens is 334 g/mol. The van der Waals surface area contributed by atoms with E-state index >= 15 is 0 Å². The molecule has 0 radical (unpaired) electrons. The van der Waals surface area contributed by atoms with Crippen LogP contribution in [0, 0.1) is 0 Å². The number of pyridine rings is 1. The molecule has 0 spiro atoms. The molecule has 4 nitrogen and oxygen atoms in total. The molecule has 0 saturated carbocycles. The average molecular weight is 366 g/mol. The maximum Gasteiger partial charge on any atom is 0.317 e. The molecule has 3 rings (SSSR count). The second kappa shape index (κ2) is 9.03. The summed E-state index contributed by atoms with van der Waals surface area (Å²) in [7, 11) is 0. The second-order valence-electron chi connectivity index (χ2n) is 8.08. The molecule has 1 N–H and O–H groups in total.